The Kier molecular flexibility index (Phi) is 5.00. The fourth-order valence-corrected chi connectivity index (χ4v) is 1.76. The lowest BCUT2D eigenvalue weighted by Gasteiger charge is -2.20. The summed E-state index contributed by atoms with van der Waals surface area (Å²) in [6.07, 6.45) is 0. The van der Waals surface area contributed by atoms with Crippen LogP contribution in [-0.2, 0) is 0 Å². The van der Waals surface area contributed by atoms with Crippen molar-refractivity contribution in [3.05, 3.63) is 39.4 Å². The molecule has 0 saturated carbocycles. The van der Waals surface area contributed by atoms with Crippen LogP contribution < -0.4 is 5.32 Å². The van der Waals surface area contributed by atoms with Gasteiger partial charge in [-0.25, -0.2) is 0 Å². The summed E-state index contributed by atoms with van der Waals surface area (Å²) in [6, 6.07) is 4.05. The molecule has 104 valence electrons. The summed E-state index contributed by atoms with van der Waals surface area (Å²) in [4.78, 5) is 22.5. The minimum Gasteiger partial charge on any atom is -0.394 e. The van der Waals surface area contributed by atoms with Crippen molar-refractivity contribution in [3.63, 3.8) is 0 Å². The molecule has 1 aromatic rings. The van der Waals surface area contributed by atoms with E-state index in [1.807, 2.05) is 13.8 Å². The van der Waals surface area contributed by atoms with E-state index in [1.165, 1.54) is 12.1 Å². The first kappa shape index (κ1) is 15.1. The van der Waals surface area contributed by atoms with Crippen molar-refractivity contribution in [2.45, 2.75) is 26.8 Å². The van der Waals surface area contributed by atoms with Gasteiger partial charge in [-0.2, -0.15) is 0 Å². The van der Waals surface area contributed by atoms with Gasteiger partial charge in [0.05, 0.1) is 17.6 Å². The molecule has 1 unspecified atom stereocenters. The molecule has 6 heteroatoms. The standard InChI is InChI=1S/C13H18N2O4/c1-8(2)10(7-16)14-13(17)12-9(3)5-4-6-11(12)15(18)19/h4-6,8,10,16H,7H2,1-3H3,(H,14,17). The van der Waals surface area contributed by atoms with Crippen molar-refractivity contribution in [2.24, 2.45) is 5.92 Å². The molecule has 19 heavy (non-hydrogen) atoms. The summed E-state index contributed by atoms with van der Waals surface area (Å²) in [5.74, 6) is -0.491. The highest BCUT2D eigenvalue weighted by Crippen LogP contribution is 2.22. The van der Waals surface area contributed by atoms with Crippen LogP contribution in [0, 0.1) is 23.0 Å². The topological polar surface area (TPSA) is 92.5 Å². The van der Waals surface area contributed by atoms with Gasteiger partial charge < -0.3 is 10.4 Å². The molecule has 0 aliphatic heterocycles. The summed E-state index contributed by atoms with van der Waals surface area (Å²) in [6.45, 7) is 5.15. The predicted molar refractivity (Wildman–Crippen MR) is 71.0 cm³/mol. The molecule has 0 spiro atoms. The minimum atomic E-state index is -0.578. The third-order valence-electron chi connectivity index (χ3n) is 2.99. The van der Waals surface area contributed by atoms with E-state index in [2.05, 4.69) is 5.32 Å². The molecule has 6 nitrogen and oxygen atoms in total. The van der Waals surface area contributed by atoms with Crippen LogP contribution in [0.25, 0.3) is 0 Å². The maximum atomic E-state index is 12.1. The lowest BCUT2D eigenvalue weighted by Crippen LogP contribution is -2.41. The molecule has 0 radical (unpaired) electrons. The van der Waals surface area contributed by atoms with Crippen molar-refractivity contribution in [1.29, 1.82) is 0 Å². The van der Waals surface area contributed by atoms with Crippen molar-refractivity contribution in [3.8, 4) is 0 Å². The number of carbonyl (C=O) groups excluding carboxylic acids is 1. The van der Waals surface area contributed by atoms with Crippen molar-refractivity contribution in [2.75, 3.05) is 6.61 Å². The number of nitrogens with zero attached hydrogens (tertiary/aromatic N) is 1. The Balaban J connectivity index is 3.09. The fourth-order valence-electron chi connectivity index (χ4n) is 1.76. The van der Waals surface area contributed by atoms with Crippen molar-refractivity contribution >= 4 is 11.6 Å². The van der Waals surface area contributed by atoms with Crippen LogP contribution in [0.2, 0.25) is 0 Å². The van der Waals surface area contributed by atoms with Crippen LogP contribution in [0.5, 0.6) is 0 Å². The molecular formula is C13H18N2O4. The summed E-state index contributed by atoms with van der Waals surface area (Å²) in [5.41, 5.74) is 0.358. The Hall–Kier alpha value is -1.95. The molecule has 2 N–H and O–H groups in total. The second-order valence-corrected chi connectivity index (χ2v) is 4.73. The summed E-state index contributed by atoms with van der Waals surface area (Å²) < 4.78 is 0. The molecular weight excluding hydrogens is 248 g/mol. The fraction of sp³-hybridized carbons (Fsp3) is 0.462. The number of aliphatic hydroxyl groups excluding tert-OH is 1. The van der Waals surface area contributed by atoms with Gasteiger partial charge in [-0.1, -0.05) is 26.0 Å². The predicted octanol–water partition coefficient (Wildman–Crippen LogP) is 1.65. The van der Waals surface area contributed by atoms with Gasteiger partial charge >= 0.3 is 0 Å². The second-order valence-electron chi connectivity index (χ2n) is 4.73. The second kappa shape index (κ2) is 6.29. The van der Waals surface area contributed by atoms with Gasteiger partial charge in [0, 0.05) is 6.07 Å². The number of carbonyl (C=O) groups is 1. The summed E-state index contributed by atoms with van der Waals surface area (Å²) >= 11 is 0. The lowest BCUT2D eigenvalue weighted by molar-refractivity contribution is -0.385. The molecule has 1 amide bonds. The Bertz CT molecular complexity index is 486. The first-order chi connectivity index (χ1) is 8.88. The lowest BCUT2D eigenvalue weighted by atomic mass is 10.0. The Labute approximate surface area is 111 Å². The van der Waals surface area contributed by atoms with E-state index in [0.717, 1.165) is 0 Å². The normalized spacial score (nSPS) is 12.3. The van der Waals surface area contributed by atoms with E-state index in [4.69, 9.17) is 0 Å². The molecule has 1 rings (SSSR count). The number of nitro groups is 1. The van der Waals surface area contributed by atoms with E-state index in [-0.39, 0.29) is 23.8 Å². The van der Waals surface area contributed by atoms with Gasteiger partial charge in [0.15, 0.2) is 0 Å². The van der Waals surface area contributed by atoms with Gasteiger partial charge in [-0.15, -0.1) is 0 Å². The third-order valence-corrected chi connectivity index (χ3v) is 2.99. The van der Waals surface area contributed by atoms with Crippen molar-refractivity contribution < 1.29 is 14.8 Å². The number of nitrogens with one attached hydrogen (secondary N) is 1. The van der Waals surface area contributed by atoms with Gasteiger partial charge in [0.1, 0.15) is 5.56 Å². The smallest absolute Gasteiger partial charge is 0.282 e. The molecule has 1 aromatic carbocycles. The van der Waals surface area contributed by atoms with E-state index in [1.54, 1.807) is 13.0 Å². The number of hydrogen-bond donors (Lipinski definition) is 2. The van der Waals surface area contributed by atoms with Crippen LogP contribution in [0.15, 0.2) is 18.2 Å². The van der Waals surface area contributed by atoms with E-state index < -0.39 is 16.9 Å². The van der Waals surface area contributed by atoms with Crippen LogP contribution >= 0.6 is 0 Å². The average molecular weight is 266 g/mol. The van der Waals surface area contributed by atoms with Gasteiger partial charge in [-0.3, -0.25) is 14.9 Å². The minimum absolute atomic E-state index is 0.0389. The molecule has 0 saturated heterocycles. The summed E-state index contributed by atoms with van der Waals surface area (Å²) in [5, 5.41) is 22.8. The van der Waals surface area contributed by atoms with Crippen LogP contribution in [0.3, 0.4) is 0 Å². The van der Waals surface area contributed by atoms with Gasteiger partial charge in [0.2, 0.25) is 0 Å². The van der Waals surface area contributed by atoms with Crippen LogP contribution in [-0.4, -0.2) is 28.6 Å². The quantitative estimate of drug-likeness (QED) is 0.626. The number of aryl methyl sites for hydroxylation is 1. The molecule has 0 bridgehead atoms. The molecule has 0 aromatic heterocycles. The Morgan fingerprint density at radius 2 is 2.11 bits per heavy atom. The van der Waals surface area contributed by atoms with E-state index in [0.29, 0.717) is 5.56 Å². The average Bonchev–Trinajstić information content (AvgIpc) is 2.34. The highest BCUT2D eigenvalue weighted by molar-refractivity contribution is 5.99. The number of rotatable bonds is 5. The van der Waals surface area contributed by atoms with Crippen LogP contribution in [0.4, 0.5) is 5.69 Å². The molecule has 0 heterocycles. The third kappa shape index (κ3) is 3.51. The summed E-state index contributed by atoms with van der Waals surface area (Å²) in [7, 11) is 0. The maximum absolute atomic E-state index is 12.1. The zero-order chi connectivity index (χ0) is 14.6. The Morgan fingerprint density at radius 1 is 1.47 bits per heavy atom. The first-order valence-electron chi connectivity index (χ1n) is 6.04. The van der Waals surface area contributed by atoms with Crippen molar-refractivity contribution in [1.82, 2.24) is 5.32 Å². The largest absolute Gasteiger partial charge is 0.394 e. The van der Waals surface area contributed by atoms with Gasteiger partial charge in [-0.05, 0) is 18.4 Å². The zero-order valence-electron chi connectivity index (χ0n) is 11.2. The number of hydrogen-bond acceptors (Lipinski definition) is 4. The maximum Gasteiger partial charge on any atom is 0.282 e. The first-order valence-corrected chi connectivity index (χ1v) is 6.04. The molecule has 0 fully saturated rings. The molecule has 0 aliphatic carbocycles. The Morgan fingerprint density at radius 3 is 2.58 bits per heavy atom. The number of aliphatic hydroxyl groups is 1. The highest BCUT2D eigenvalue weighted by atomic mass is 16.6. The van der Waals surface area contributed by atoms with Gasteiger partial charge in [0.25, 0.3) is 11.6 Å². The SMILES string of the molecule is Cc1cccc([N+](=O)[O-])c1C(=O)NC(CO)C(C)C. The van der Waals surface area contributed by atoms with E-state index >= 15 is 0 Å². The highest BCUT2D eigenvalue weighted by Gasteiger charge is 2.24. The van der Waals surface area contributed by atoms with E-state index in [9.17, 15) is 20.0 Å². The number of amides is 1. The number of nitro benzene ring substituents is 1. The molecule has 0 aliphatic rings. The monoisotopic (exact) mass is 266 g/mol. The molecule has 1 atom stereocenters. The number of benzene rings is 1. The van der Waals surface area contributed by atoms with Crippen LogP contribution in [0.1, 0.15) is 29.8 Å². The zero-order valence-corrected chi connectivity index (χ0v) is 11.2.